The molecule has 3 aromatic rings. The van der Waals surface area contributed by atoms with Crippen molar-refractivity contribution in [2.75, 3.05) is 17.7 Å². The lowest BCUT2D eigenvalue weighted by Crippen LogP contribution is -2.14. The molecule has 2 amide bonds. The number of aryl methyl sites for hydroxylation is 1. The highest BCUT2D eigenvalue weighted by atomic mass is 35.5. The van der Waals surface area contributed by atoms with Crippen molar-refractivity contribution in [1.82, 2.24) is 0 Å². The number of hydrogen-bond donors (Lipinski definition) is 2. The van der Waals surface area contributed by atoms with E-state index in [0.29, 0.717) is 22.0 Å². The van der Waals surface area contributed by atoms with Crippen molar-refractivity contribution in [3.8, 4) is 5.75 Å². The van der Waals surface area contributed by atoms with Crippen molar-refractivity contribution >= 4 is 46.4 Å². The fourth-order valence-electron chi connectivity index (χ4n) is 2.76. The van der Waals surface area contributed by atoms with Crippen LogP contribution in [0.1, 0.15) is 26.3 Å². The first-order chi connectivity index (χ1) is 13.9. The minimum absolute atomic E-state index is 0.205. The first-order valence-electron chi connectivity index (χ1n) is 8.70. The molecule has 0 aliphatic heterocycles. The monoisotopic (exact) mass is 428 g/mol. The highest BCUT2D eigenvalue weighted by molar-refractivity contribution is 6.36. The van der Waals surface area contributed by atoms with E-state index < -0.39 is 5.91 Å². The van der Waals surface area contributed by atoms with Crippen LogP contribution in [0.25, 0.3) is 0 Å². The second-order valence-corrected chi connectivity index (χ2v) is 7.17. The van der Waals surface area contributed by atoms with E-state index in [1.807, 2.05) is 25.1 Å². The molecule has 0 radical (unpaired) electrons. The van der Waals surface area contributed by atoms with Crippen LogP contribution in [0.3, 0.4) is 0 Å². The third-order valence-corrected chi connectivity index (χ3v) is 4.64. The van der Waals surface area contributed by atoms with Gasteiger partial charge in [-0.15, -0.1) is 0 Å². The average Bonchev–Trinajstić information content (AvgIpc) is 2.69. The van der Waals surface area contributed by atoms with E-state index in [4.69, 9.17) is 27.9 Å². The predicted octanol–water partition coefficient (Wildman–Crippen LogP) is 5.82. The van der Waals surface area contributed by atoms with Gasteiger partial charge in [0.05, 0.1) is 17.7 Å². The molecule has 0 fully saturated rings. The third-order valence-electron chi connectivity index (χ3n) is 4.14. The molecule has 0 aromatic heterocycles. The third kappa shape index (κ3) is 5.08. The van der Waals surface area contributed by atoms with Crippen molar-refractivity contribution in [2.45, 2.75) is 6.92 Å². The van der Waals surface area contributed by atoms with Gasteiger partial charge in [0.2, 0.25) is 0 Å². The number of carbonyl (C=O) groups excluding carboxylic acids is 2. The zero-order valence-electron chi connectivity index (χ0n) is 15.8. The van der Waals surface area contributed by atoms with Crippen molar-refractivity contribution in [1.29, 1.82) is 0 Å². The first-order valence-corrected chi connectivity index (χ1v) is 9.45. The van der Waals surface area contributed by atoms with Crippen molar-refractivity contribution in [3.63, 3.8) is 0 Å². The summed E-state index contributed by atoms with van der Waals surface area (Å²) in [5.74, 6) is -0.373. The van der Waals surface area contributed by atoms with E-state index in [9.17, 15) is 9.59 Å². The van der Waals surface area contributed by atoms with Crippen molar-refractivity contribution in [2.24, 2.45) is 0 Å². The average molecular weight is 429 g/mol. The van der Waals surface area contributed by atoms with E-state index in [-0.39, 0.29) is 22.2 Å². The Morgan fingerprint density at radius 2 is 1.48 bits per heavy atom. The standard InChI is InChI=1S/C22H18Cl2N2O3/c1-13-4-3-5-14(10-13)21(27)25-16-6-8-17(9-7-16)26-22(28)18-11-15(23)12-19(24)20(18)29-2/h3-12H,1-2H3,(H,25,27)(H,26,28). The van der Waals surface area contributed by atoms with Gasteiger partial charge in [0.25, 0.3) is 11.8 Å². The molecule has 0 spiro atoms. The molecule has 3 rings (SSSR count). The van der Waals surface area contributed by atoms with E-state index in [1.54, 1.807) is 30.3 Å². The van der Waals surface area contributed by atoms with Gasteiger partial charge in [-0.1, -0.05) is 40.9 Å². The summed E-state index contributed by atoms with van der Waals surface area (Å²) in [6.07, 6.45) is 0. The predicted molar refractivity (Wildman–Crippen MR) is 117 cm³/mol. The maximum atomic E-state index is 12.6. The lowest BCUT2D eigenvalue weighted by atomic mass is 10.1. The maximum absolute atomic E-state index is 12.6. The summed E-state index contributed by atoms with van der Waals surface area (Å²) in [4.78, 5) is 24.9. The summed E-state index contributed by atoms with van der Waals surface area (Å²) >= 11 is 12.1. The molecule has 148 valence electrons. The number of ether oxygens (including phenoxy) is 1. The number of benzene rings is 3. The van der Waals surface area contributed by atoms with Gasteiger partial charge >= 0.3 is 0 Å². The topological polar surface area (TPSA) is 67.4 Å². The van der Waals surface area contributed by atoms with Crippen LogP contribution in [0.5, 0.6) is 5.75 Å². The molecule has 0 atom stereocenters. The van der Waals surface area contributed by atoms with Crippen LogP contribution in [0.4, 0.5) is 11.4 Å². The molecule has 29 heavy (non-hydrogen) atoms. The SMILES string of the molecule is COc1c(Cl)cc(Cl)cc1C(=O)Nc1ccc(NC(=O)c2cccc(C)c2)cc1. The minimum atomic E-state index is -0.414. The maximum Gasteiger partial charge on any atom is 0.259 e. The molecular weight excluding hydrogens is 411 g/mol. The number of nitrogens with one attached hydrogen (secondary N) is 2. The number of anilines is 2. The molecule has 0 bridgehead atoms. The fourth-order valence-corrected chi connectivity index (χ4v) is 3.33. The lowest BCUT2D eigenvalue weighted by Gasteiger charge is -2.12. The van der Waals surface area contributed by atoms with Crippen LogP contribution in [0.15, 0.2) is 60.7 Å². The molecule has 0 aliphatic rings. The van der Waals surface area contributed by atoms with Gasteiger partial charge < -0.3 is 15.4 Å². The summed E-state index contributed by atoms with van der Waals surface area (Å²) in [5.41, 5.74) is 2.96. The first kappa shape index (κ1) is 20.7. The largest absolute Gasteiger partial charge is 0.494 e. The normalized spacial score (nSPS) is 10.3. The van der Waals surface area contributed by atoms with Crippen LogP contribution in [-0.2, 0) is 0 Å². The van der Waals surface area contributed by atoms with Crippen LogP contribution in [0.2, 0.25) is 10.0 Å². The van der Waals surface area contributed by atoms with Gasteiger partial charge in [-0.2, -0.15) is 0 Å². The summed E-state index contributed by atoms with van der Waals surface area (Å²) in [6, 6.07) is 17.1. The molecule has 0 unspecified atom stereocenters. The number of hydrogen-bond acceptors (Lipinski definition) is 3. The van der Waals surface area contributed by atoms with Crippen LogP contribution < -0.4 is 15.4 Å². The van der Waals surface area contributed by atoms with Gasteiger partial charge in [0.15, 0.2) is 0 Å². The number of amides is 2. The van der Waals surface area contributed by atoms with E-state index in [1.165, 1.54) is 19.2 Å². The number of halogens is 2. The van der Waals surface area contributed by atoms with Crippen molar-refractivity contribution < 1.29 is 14.3 Å². The Labute approximate surface area is 178 Å². The summed E-state index contributed by atoms with van der Waals surface area (Å²) in [5, 5.41) is 6.16. The molecule has 2 N–H and O–H groups in total. The Morgan fingerprint density at radius 3 is 2.07 bits per heavy atom. The Hall–Kier alpha value is -3.02. The number of rotatable bonds is 5. The molecule has 0 aliphatic carbocycles. The van der Waals surface area contributed by atoms with Gasteiger partial charge in [-0.3, -0.25) is 9.59 Å². The van der Waals surface area contributed by atoms with Gasteiger partial charge in [0.1, 0.15) is 5.75 Å². The smallest absolute Gasteiger partial charge is 0.259 e. The van der Waals surface area contributed by atoms with E-state index in [0.717, 1.165) is 5.56 Å². The van der Waals surface area contributed by atoms with Gasteiger partial charge in [-0.25, -0.2) is 0 Å². The highest BCUT2D eigenvalue weighted by Gasteiger charge is 2.17. The Balaban J connectivity index is 1.71. The van der Waals surface area contributed by atoms with Crippen LogP contribution in [0, 0.1) is 6.92 Å². The second-order valence-electron chi connectivity index (χ2n) is 6.32. The second kappa shape index (κ2) is 8.99. The van der Waals surface area contributed by atoms with Crippen LogP contribution in [-0.4, -0.2) is 18.9 Å². The molecule has 3 aromatic carbocycles. The quantitative estimate of drug-likeness (QED) is 0.538. The molecule has 5 nitrogen and oxygen atoms in total. The zero-order valence-corrected chi connectivity index (χ0v) is 17.3. The van der Waals surface area contributed by atoms with Crippen molar-refractivity contribution in [3.05, 3.63) is 87.4 Å². The van der Waals surface area contributed by atoms with Crippen LogP contribution >= 0.6 is 23.2 Å². The molecule has 0 saturated carbocycles. The van der Waals surface area contributed by atoms with Gasteiger partial charge in [-0.05, 0) is 55.5 Å². The summed E-state index contributed by atoms with van der Waals surface area (Å²) in [7, 11) is 1.43. The summed E-state index contributed by atoms with van der Waals surface area (Å²) in [6.45, 7) is 1.93. The number of carbonyl (C=O) groups is 2. The van der Waals surface area contributed by atoms with E-state index in [2.05, 4.69) is 10.6 Å². The summed E-state index contributed by atoms with van der Waals surface area (Å²) < 4.78 is 5.20. The van der Waals surface area contributed by atoms with E-state index >= 15 is 0 Å². The minimum Gasteiger partial charge on any atom is -0.494 e. The molecular formula is C22H18Cl2N2O3. The molecule has 7 heteroatoms. The molecule has 0 saturated heterocycles. The zero-order chi connectivity index (χ0) is 21.0. The van der Waals surface area contributed by atoms with Gasteiger partial charge in [0, 0.05) is 22.0 Å². The number of methoxy groups -OCH3 is 1. The highest BCUT2D eigenvalue weighted by Crippen LogP contribution is 2.32. The Bertz CT molecular complexity index is 1070. The Kier molecular flexibility index (Phi) is 6.42. The fraction of sp³-hybridized carbons (Fsp3) is 0.0909. The Morgan fingerprint density at radius 1 is 0.862 bits per heavy atom. The molecule has 0 heterocycles. The lowest BCUT2D eigenvalue weighted by molar-refractivity contribution is 0.101.